The molecule has 0 amide bonds. The van der Waals surface area contributed by atoms with Crippen molar-refractivity contribution in [3.05, 3.63) is 58.1 Å². The molecule has 2 aromatic carbocycles. The molecule has 1 aliphatic rings. The molecule has 0 aromatic heterocycles. The van der Waals surface area contributed by atoms with E-state index >= 15 is 0 Å². The van der Waals surface area contributed by atoms with E-state index in [0.717, 1.165) is 34.7 Å². The van der Waals surface area contributed by atoms with Crippen LogP contribution in [0.3, 0.4) is 0 Å². The number of nitrogens with one attached hydrogen (secondary N) is 1. The maximum Gasteiger partial charge on any atom is 0.119 e. The van der Waals surface area contributed by atoms with Gasteiger partial charge in [0.1, 0.15) is 5.75 Å². The quantitative estimate of drug-likeness (QED) is 0.847. The van der Waals surface area contributed by atoms with Crippen LogP contribution < -0.4 is 5.32 Å². The Balaban J connectivity index is 1.89. The van der Waals surface area contributed by atoms with E-state index in [1.54, 1.807) is 6.07 Å². The molecule has 98 valence electrons. The highest BCUT2D eigenvalue weighted by Crippen LogP contribution is 2.38. The molecule has 19 heavy (non-hydrogen) atoms. The van der Waals surface area contributed by atoms with E-state index in [0.29, 0.717) is 5.75 Å². The zero-order valence-electron chi connectivity index (χ0n) is 10.8. The molecule has 0 spiro atoms. The van der Waals surface area contributed by atoms with E-state index in [1.165, 1.54) is 5.56 Å². The highest BCUT2D eigenvalue weighted by atomic mass is 35.5. The van der Waals surface area contributed by atoms with Gasteiger partial charge < -0.3 is 10.4 Å². The fraction of sp³-hybridized carbons (Fsp3) is 0.250. The van der Waals surface area contributed by atoms with Gasteiger partial charge in [0.2, 0.25) is 0 Å². The molecular weight excluding hydrogens is 258 g/mol. The molecule has 0 radical (unpaired) electrons. The summed E-state index contributed by atoms with van der Waals surface area (Å²) in [5, 5.41) is 14.2. The van der Waals surface area contributed by atoms with Crippen molar-refractivity contribution in [1.82, 2.24) is 0 Å². The van der Waals surface area contributed by atoms with E-state index in [1.807, 2.05) is 31.2 Å². The summed E-state index contributed by atoms with van der Waals surface area (Å²) in [5.41, 5.74) is 4.52. The summed E-state index contributed by atoms with van der Waals surface area (Å²) in [7, 11) is 0. The number of rotatable bonds is 2. The van der Waals surface area contributed by atoms with Gasteiger partial charge in [-0.1, -0.05) is 23.7 Å². The monoisotopic (exact) mass is 273 g/mol. The molecule has 1 unspecified atom stereocenters. The molecule has 0 aliphatic heterocycles. The van der Waals surface area contributed by atoms with Crippen LogP contribution in [-0.2, 0) is 6.42 Å². The highest BCUT2D eigenvalue weighted by Gasteiger charge is 2.24. The van der Waals surface area contributed by atoms with E-state index < -0.39 is 0 Å². The van der Waals surface area contributed by atoms with Crippen molar-refractivity contribution in [2.45, 2.75) is 25.8 Å². The molecule has 3 heteroatoms. The SMILES string of the molecule is Cc1cc(Cl)ccc1NC1CCc2c(O)cccc21. The zero-order chi connectivity index (χ0) is 13.4. The number of aryl methyl sites for hydroxylation is 1. The maximum absolute atomic E-state index is 9.86. The standard InChI is InChI=1S/C16H16ClNO/c1-10-9-11(17)5-7-14(10)18-15-8-6-13-12(15)3-2-4-16(13)19/h2-5,7,9,15,18-19H,6,8H2,1H3. The number of phenols is 1. The third kappa shape index (κ3) is 2.28. The summed E-state index contributed by atoms with van der Waals surface area (Å²) < 4.78 is 0. The zero-order valence-corrected chi connectivity index (χ0v) is 11.5. The molecule has 0 bridgehead atoms. The second-order valence-electron chi connectivity index (χ2n) is 5.04. The van der Waals surface area contributed by atoms with Crippen molar-refractivity contribution in [2.75, 3.05) is 5.32 Å². The predicted octanol–water partition coefficient (Wildman–Crippen LogP) is 4.45. The fourth-order valence-electron chi connectivity index (χ4n) is 2.76. The Bertz CT molecular complexity index is 624. The van der Waals surface area contributed by atoms with Gasteiger partial charge in [0.15, 0.2) is 0 Å². The number of anilines is 1. The Labute approximate surface area is 118 Å². The van der Waals surface area contributed by atoms with Gasteiger partial charge in [-0.25, -0.2) is 0 Å². The minimum atomic E-state index is 0.266. The van der Waals surface area contributed by atoms with Crippen molar-refractivity contribution < 1.29 is 5.11 Å². The van der Waals surface area contributed by atoms with Crippen molar-refractivity contribution >= 4 is 17.3 Å². The van der Waals surface area contributed by atoms with Crippen LogP contribution in [0, 0.1) is 6.92 Å². The summed E-state index contributed by atoms with van der Waals surface area (Å²) in [4.78, 5) is 0. The van der Waals surface area contributed by atoms with Gasteiger partial charge >= 0.3 is 0 Å². The number of benzene rings is 2. The summed E-state index contributed by atoms with van der Waals surface area (Å²) >= 11 is 5.97. The highest BCUT2D eigenvalue weighted by molar-refractivity contribution is 6.30. The first-order chi connectivity index (χ1) is 9.15. The smallest absolute Gasteiger partial charge is 0.119 e. The molecule has 3 rings (SSSR count). The largest absolute Gasteiger partial charge is 0.508 e. The second kappa shape index (κ2) is 4.78. The Morgan fingerprint density at radius 2 is 2.11 bits per heavy atom. The average molecular weight is 274 g/mol. The number of halogens is 1. The molecule has 0 heterocycles. The Morgan fingerprint density at radius 3 is 2.89 bits per heavy atom. The van der Waals surface area contributed by atoms with Gasteiger partial charge in [0.05, 0.1) is 6.04 Å². The van der Waals surface area contributed by atoms with Crippen molar-refractivity contribution in [2.24, 2.45) is 0 Å². The van der Waals surface area contributed by atoms with Crippen LogP contribution in [-0.4, -0.2) is 5.11 Å². The molecule has 0 saturated heterocycles. The van der Waals surface area contributed by atoms with Gasteiger partial charge in [0.25, 0.3) is 0 Å². The molecule has 0 fully saturated rings. The van der Waals surface area contributed by atoms with Gasteiger partial charge in [-0.2, -0.15) is 0 Å². The first-order valence-electron chi connectivity index (χ1n) is 6.48. The van der Waals surface area contributed by atoms with E-state index in [9.17, 15) is 5.11 Å². The lowest BCUT2D eigenvalue weighted by Crippen LogP contribution is -2.08. The summed E-state index contributed by atoms with van der Waals surface area (Å²) in [6, 6.07) is 11.9. The molecular formula is C16H16ClNO. The van der Waals surface area contributed by atoms with Crippen LogP contribution in [0.15, 0.2) is 36.4 Å². The first kappa shape index (κ1) is 12.4. The Kier molecular flexibility index (Phi) is 3.11. The summed E-state index contributed by atoms with van der Waals surface area (Å²) in [6.07, 6.45) is 1.93. The van der Waals surface area contributed by atoms with Crippen LogP contribution in [0.1, 0.15) is 29.2 Å². The van der Waals surface area contributed by atoms with E-state index in [2.05, 4.69) is 11.4 Å². The minimum absolute atomic E-state index is 0.266. The van der Waals surface area contributed by atoms with Crippen LogP contribution in [0.4, 0.5) is 5.69 Å². The lowest BCUT2D eigenvalue weighted by Gasteiger charge is -2.17. The molecule has 2 aromatic rings. The Hall–Kier alpha value is -1.67. The van der Waals surface area contributed by atoms with E-state index in [4.69, 9.17) is 11.6 Å². The van der Waals surface area contributed by atoms with Crippen LogP contribution in [0.5, 0.6) is 5.75 Å². The van der Waals surface area contributed by atoms with Crippen LogP contribution in [0.2, 0.25) is 5.02 Å². The number of aromatic hydroxyl groups is 1. The Morgan fingerprint density at radius 1 is 1.26 bits per heavy atom. The van der Waals surface area contributed by atoms with Crippen LogP contribution in [0.25, 0.3) is 0 Å². The first-order valence-corrected chi connectivity index (χ1v) is 6.86. The normalized spacial score (nSPS) is 17.3. The number of hydrogen-bond donors (Lipinski definition) is 2. The number of phenolic OH excluding ortho intramolecular Hbond substituents is 1. The molecule has 2 N–H and O–H groups in total. The molecule has 1 atom stereocenters. The van der Waals surface area contributed by atoms with Gasteiger partial charge in [0, 0.05) is 10.7 Å². The molecule has 1 aliphatic carbocycles. The number of hydrogen-bond acceptors (Lipinski definition) is 2. The van der Waals surface area contributed by atoms with Gasteiger partial charge in [-0.05, 0) is 60.7 Å². The van der Waals surface area contributed by atoms with Gasteiger partial charge in [-0.15, -0.1) is 0 Å². The lowest BCUT2D eigenvalue weighted by molar-refractivity contribution is 0.469. The third-order valence-electron chi connectivity index (χ3n) is 3.76. The van der Waals surface area contributed by atoms with Crippen molar-refractivity contribution in [3.63, 3.8) is 0 Å². The van der Waals surface area contributed by atoms with Crippen LogP contribution >= 0.6 is 11.6 Å². The maximum atomic E-state index is 9.86. The second-order valence-corrected chi connectivity index (χ2v) is 5.48. The third-order valence-corrected chi connectivity index (χ3v) is 4.00. The molecule has 0 saturated carbocycles. The summed E-state index contributed by atoms with van der Waals surface area (Å²) in [6.45, 7) is 2.05. The minimum Gasteiger partial charge on any atom is -0.508 e. The number of fused-ring (bicyclic) bond motifs is 1. The topological polar surface area (TPSA) is 32.3 Å². The fourth-order valence-corrected chi connectivity index (χ4v) is 2.99. The van der Waals surface area contributed by atoms with Crippen molar-refractivity contribution in [1.29, 1.82) is 0 Å². The summed E-state index contributed by atoms with van der Waals surface area (Å²) in [5.74, 6) is 0.412. The van der Waals surface area contributed by atoms with Gasteiger partial charge in [-0.3, -0.25) is 0 Å². The average Bonchev–Trinajstić information content (AvgIpc) is 2.78. The van der Waals surface area contributed by atoms with E-state index in [-0.39, 0.29) is 6.04 Å². The predicted molar refractivity (Wildman–Crippen MR) is 79.0 cm³/mol. The lowest BCUT2D eigenvalue weighted by atomic mass is 10.1. The molecule has 2 nitrogen and oxygen atoms in total. The van der Waals surface area contributed by atoms with Crippen molar-refractivity contribution in [3.8, 4) is 5.75 Å².